The Morgan fingerprint density at radius 3 is 2.71 bits per heavy atom. The summed E-state index contributed by atoms with van der Waals surface area (Å²) >= 11 is 0. The summed E-state index contributed by atoms with van der Waals surface area (Å²) < 4.78 is 0. The highest BCUT2D eigenvalue weighted by Gasteiger charge is 2.35. The van der Waals surface area contributed by atoms with Crippen LogP contribution >= 0.6 is 0 Å². The van der Waals surface area contributed by atoms with Crippen molar-refractivity contribution in [3.63, 3.8) is 0 Å². The molecule has 0 radical (unpaired) electrons. The van der Waals surface area contributed by atoms with Gasteiger partial charge < -0.3 is 15.3 Å². The SMILES string of the molecule is O=C(NCc1ccncc1)[C@@H]1CCCN1C(=O)c1ccc2ccccc2c1O. The van der Waals surface area contributed by atoms with Gasteiger partial charge >= 0.3 is 0 Å². The zero-order valence-corrected chi connectivity index (χ0v) is 15.3. The van der Waals surface area contributed by atoms with Crippen LogP contribution in [0.2, 0.25) is 0 Å². The van der Waals surface area contributed by atoms with E-state index < -0.39 is 6.04 Å². The van der Waals surface area contributed by atoms with Crippen LogP contribution in [0.3, 0.4) is 0 Å². The maximum Gasteiger partial charge on any atom is 0.258 e. The molecule has 3 aromatic rings. The van der Waals surface area contributed by atoms with Crippen molar-refractivity contribution in [2.75, 3.05) is 6.54 Å². The standard InChI is InChI=1S/C22H21N3O3/c26-20-17-5-2-1-4-16(17)7-8-18(20)22(28)25-13-3-6-19(25)21(27)24-14-15-9-11-23-12-10-15/h1-2,4-5,7-12,19,26H,3,6,13-14H2,(H,24,27)/t19-/m0/s1. The molecule has 2 aromatic carbocycles. The number of benzene rings is 2. The molecule has 1 atom stereocenters. The summed E-state index contributed by atoms with van der Waals surface area (Å²) in [6.45, 7) is 0.888. The number of aromatic hydroxyl groups is 1. The van der Waals surface area contributed by atoms with E-state index in [0.29, 0.717) is 24.9 Å². The molecule has 142 valence electrons. The molecule has 1 saturated heterocycles. The fourth-order valence-electron chi connectivity index (χ4n) is 3.67. The molecule has 1 aliphatic heterocycles. The predicted octanol–water partition coefficient (Wildman–Crippen LogP) is 2.86. The first-order valence-corrected chi connectivity index (χ1v) is 9.33. The van der Waals surface area contributed by atoms with E-state index in [0.717, 1.165) is 17.4 Å². The topological polar surface area (TPSA) is 82.5 Å². The Hall–Kier alpha value is -3.41. The first-order valence-electron chi connectivity index (χ1n) is 9.33. The molecule has 2 amide bonds. The maximum absolute atomic E-state index is 13.1. The minimum Gasteiger partial charge on any atom is -0.506 e. The third kappa shape index (κ3) is 3.41. The first kappa shape index (κ1) is 18.0. The number of nitrogens with zero attached hydrogens (tertiary/aromatic N) is 2. The van der Waals surface area contributed by atoms with E-state index in [1.165, 1.54) is 0 Å². The third-order valence-corrected chi connectivity index (χ3v) is 5.16. The zero-order valence-electron chi connectivity index (χ0n) is 15.3. The summed E-state index contributed by atoms with van der Waals surface area (Å²) in [5, 5.41) is 15.0. The molecule has 1 aliphatic rings. The van der Waals surface area contributed by atoms with Crippen molar-refractivity contribution in [1.82, 2.24) is 15.2 Å². The Balaban J connectivity index is 1.52. The number of likely N-dealkylation sites (tertiary alicyclic amines) is 1. The molecule has 28 heavy (non-hydrogen) atoms. The molecule has 1 fully saturated rings. The lowest BCUT2D eigenvalue weighted by Gasteiger charge is -2.24. The van der Waals surface area contributed by atoms with Crippen LogP contribution in [0.25, 0.3) is 10.8 Å². The highest BCUT2D eigenvalue weighted by molar-refractivity contribution is 6.05. The van der Waals surface area contributed by atoms with Gasteiger partial charge in [0.1, 0.15) is 11.8 Å². The Morgan fingerprint density at radius 2 is 1.89 bits per heavy atom. The van der Waals surface area contributed by atoms with Crippen LogP contribution in [0, 0.1) is 0 Å². The number of amides is 2. The zero-order chi connectivity index (χ0) is 19.5. The molecule has 1 aromatic heterocycles. The second-order valence-corrected chi connectivity index (χ2v) is 6.91. The van der Waals surface area contributed by atoms with Crippen LogP contribution in [0.4, 0.5) is 0 Å². The van der Waals surface area contributed by atoms with Gasteiger partial charge in [0.25, 0.3) is 5.91 Å². The summed E-state index contributed by atoms with van der Waals surface area (Å²) in [6.07, 6.45) is 4.72. The molecule has 2 heterocycles. The molecule has 0 aliphatic carbocycles. The van der Waals surface area contributed by atoms with Crippen LogP contribution in [0.1, 0.15) is 28.8 Å². The lowest BCUT2D eigenvalue weighted by Crippen LogP contribution is -2.45. The molecule has 2 N–H and O–H groups in total. The lowest BCUT2D eigenvalue weighted by atomic mass is 10.0. The number of carbonyl (C=O) groups is 2. The van der Waals surface area contributed by atoms with Crippen LogP contribution in [-0.4, -0.2) is 39.4 Å². The number of nitrogens with one attached hydrogen (secondary N) is 1. The largest absolute Gasteiger partial charge is 0.506 e. The van der Waals surface area contributed by atoms with Gasteiger partial charge in [0.05, 0.1) is 5.56 Å². The van der Waals surface area contributed by atoms with E-state index in [-0.39, 0.29) is 23.1 Å². The maximum atomic E-state index is 13.1. The minimum atomic E-state index is -0.528. The normalized spacial score (nSPS) is 16.3. The monoisotopic (exact) mass is 375 g/mol. The van der Waals surface area contributed by atoms with Crippen LogP contribution in [0.15, 0.2) is 60.9 Å². The van der Waals surface area contributed by atoms with Crippen molar-refractivity contribution in [2.45, 2.75) is 25.4 Å². The lowest BCUT2D eigenvalue weighted by molar-refractivity contribution is -0.125. The van der Waals surface area contributed by atoms with Gasteiger partial charge in [-0.2, -0.15) is 0 Å². The number of hydrogen-bond donors (Lipinski definition) is 2. The first-order chi connectivity index (χ1) is 13.6. The number of phenols is 1. The Morgan fingerprint density at radius 1 is 1.11 bits per heavy atom. The minimum absolute atomic E-state index is 0.0362. The second kappa shape index (κ2) is 7.68. The molecule has 0 unspecified atom stereocenters. The van der Waals surface area contributed by atoms with Gasteiger partial charge in [-0.1, -0.05) is 30.3 Å². The third-order valence-electron chi connectivity index (χ3n) is 5.16. The van der Waals surface area contributed by atoms with Crippen molar-refractivity contribution >= 4 is 22.6 Å². The van der Waals surface area contributed by atoms with Gasteiger partial charge in [0.15, 0.2) is 0 Å². The summed E-state index contributed by atoms with van der Waals surface area (Å²) in [4.78, 5) is 31.3. The van der Waals surface area contributed by atoms with E-state index in [4.69, 9.17) is 0 Å². The smallest absolute Gasteiger partial charge is 0.258 e. The van der Waals surface area contributed by atoms with E-state index in [9.17, 15) is 14.7 Å². The Kier molecular flexibility index (Phi) is 4.93. The Labute approximate surface area is 162 Å². The fraction of sp³-hybridized carbons (Fsp3) is 0.227. The number of pyridine rings is 1. The Bertz CT molecular complexity index is 1020. The van der Waals surface area contributed by atoms with E-state index in [2.05, 4.69) is 10.3 Å². The second-order valence-electron chi connectivity index (χ2n) is 6.91. The van der Waals surface area contributed by atoms with Crippen molar-refractivity contribution in [3.05, 3.63) is 72.1 Å². The van der Waals surface area contributed by atoms with Gasteiger partial charge in [-0.15, -0.1) is 0 Å². The van der Waals surface area contributed by atoms with Gasteiger partial charge in [-0.3, -0.25) is 14.6 Å². The van der Waals surface area contributed by atoms with Crippen molar-refractivity contribution < 1.29 is 14.7 Å². The van der Waals surface area contributed by atoms with E-state index in [1.807, 2.05) is 36.4 Å². The summed E-state index contributed by atoms with van der Waals surface area (Å²) in [6, 6.07) is 14.0. The van der Waals surface area contributed by atoms with Crippen molar-refractivity contribution in [2.24, 2.45) is 0 Å². The molecule has 0 spiro atoms. The molecule has 4 rings (SSSR count). The summed E-state index contributed by atoms with van der Waals surface area (Å²) in [7, 11) is 0. The van der Waals surface area contributed by atoms with Gasteiger partial charge in [0, 0.05) is 30.9 Å². The number of hydrogen-bond acceptors (Lipinski definition) is 4. The number of aromatic nitrogens is 1. The predicted molar refractivity (Wildman–Crippen MR) is 106 cm³/mol. The van der Waals surface area contributed by atoms with Crippen molar-refractivity contribution in [3.8, 4) is 5.75 Å². The average Bonchev–Trinajstić information content (AvgIpc) is 3.23. The molecular formula is C22H21N3O3. The van der Waals surface area contributed by atoms with Crippen LogP contribution in [-0.2, 0) is 11.3 Å². The van der Waals surface area contributed by atoms with Crippen LogP contribution in [0.5, 0.6) is 5.75 Å². The average molecular weight is 375 g/mol. The van der Waals surface area contributed by atoms with Gasteiger partial charge in [-0.25, -0.2) is 0 Å². The van der Waals surface area contributed by atoms with E-state index in [1.54, 1.807) is 29.4 Å². The molecule has 6 heteroatoms. The number of carbonyl (C=O) groups excluding carboxylic acids is 2. The van der Waals surface area contributed by atoms with Crippen molar-refractivity contribution in [1.29, 1.82) is 0 Å². The molecular weight excluding hydrogens is 354 g/mol. The van der Waals surface area contributed by atoms with E-state index >= 15 is 0 Å². The van der Waals surface area contributed by atoms with Gasteiger partial charge in [-0.05, 0) is 42.0 Å². The summed E-state index contributed by atoms with van der Waals surface area (Å²) in [5.74, 6) is -0.529. The number of fused-ring (bicyclic) bond motifs is 1. The highest BCUT2D eigenvalue weighted by atomic mass is 16.3. The van der Waals surface area contributed by atoms with Gasteiger partial charge in [0.2, 0.25) is 5.91 Å². The van der Waals surface area contributed by atoms with Crippen LogP contribution < -0.4 is 5.32 Å². The quantitative estimate of drug-likeness (QED) is 0.735. The highest BCUT2D eigenvalue weighted by Crippen LogP contribution is 2.31. The number of rotatable bonds is 4. The fourth-order valence-corrected chi connectivity index (χ4v) is 3.67. The molecule has 0 saturated carbocycles. The molecule has 0 bridgehead atoms. The number of phenolic OH excluding ortho intramolecular Hbond substituents is 1. The molecule has 6 nitrogen and oxygen atoms in total. The summed E-state index contributed by atoms with van der Waals surface area (Å²) in [5.41, 5.74) is 1.18.